The lowest BCUT2D eigenvalue weighted by Gasteiger charge is -2.11. The van der Waals surface area contributed by atoms with Gasteiger partial charge in [0.2, 0.25) is 0 Å². The average Bonchev–Trinajstić information content (AvgIpc) is 3.00. The van der Waals surface area contributed by atoms with E-state index in [-0.39, 0.29) is 0 Å². The first-order chi connectivity index (χ1) is 8.34. The predicted molar refractivity (Wildman–Crippen MR) is 66.2 cm³/mol. The van der Waals surface area contributed by atoms with E-state index in [9.17, 15) is 0 Å². The Morgan fingerprint density at radius 3 is 3.00 bits per heavy atom. The van der Waals surface area contributed by atoms with Gasteiger partial charge in [0.25, 0.3) is 0 Å². The number of hydrogen-bond donors (Lipinski definition) is 1. The number of benzene rings is 1. The SMILES string of the molecule is Clc1cccc(-n2cncn2)c1CNC1CC1. The van der Waals surface area contributed by atoms with Crippen LogP contribution < -0.4 is 5.32 Å². The molecule has 4 nitrogen and oxygen atoms in total. The van der Waals surface area contributed by atoms with E-state index in [1.807, 2.05) is 18.2 Å². The molecule has 0 aliphatic heterocycles. The maximum absolute atomic E-state index is 6.25. The average molecular weight is 249 g/mol. The van der Waals surface area contributed by atoms with Crippen LogP contribution in [0.1, 0.15) is 18.4 Å². The summed E-state index contributed by atoms with van der Waals surface area (Å²) in [6.07, 6.45) is 5.75. The third kappa shape index (κ3) is 2.33. The smallest absolute Gasteiger partial charge is 0.138 e. The van der Waals surface area contributed by atoms with Crippen molar-refractivity contribution < 1.29 is 0 Å². The van der Waals surface area contributed by atoms with E-state index < -0.39 is 0 Å². The maximum Gasteiger partial charge on any atom is 0.138 e. The minimum atomic E-state index is 0.662. The second-order valence-corrected chi connectivity index (χ2v) is 4.64. The molecule has 1 N–H and O–H groups in total. The molecule has 0 amide bonds. The zero-order valence-electron chi connectivity index (χ0n) is 9.31. The number of halogens is 1. The first-order valence-corrected chi connectivity index (χ1v) is 6.08. The molecule has 17 heavy (non-hydrogen) atoms. The summed E-state index contributed by atoms with van der Waals surface area (Å²) in [5.41, 5.74) is 2.06. The van der Waals surface area contributed by atoms with Crippen molar-refractivity contribution in [1.29, 1.82) is 0 Å². The molecule has 0 saturated heterocycles. The van der Waals surface area contributed by atoms with Crippen molar-refractivity contribution in [2.75, 3.05) is 0 Å². The van der Waals surface area contributed by atoms with Gasteiger partial charge in [-0.15, -0.1) is 0 Å². The van der Waals surface area contributed by atoms with Crippen molar-refractivity contribution in [3.8, 4) is 5.69 Å². The summed E-state index contributed by atoms with van der Waals surface area (Å²) in [7, 11) is 0. The molecule has 0 spiro atoms. The van der Waals surface area contributed by atoms with Crippen LogP contribution in [0.25, 0.3) is 5.69 Å². The van der Waals surface area contributed by atoms with Gasteiger partial charge in [-0.2, -0.15) is 5.10 Å². The van der Waals surface area contributed by atoms with E-state index in [1.165, 1.54) is 19.2 Å². The number of nitrogens with one attached hydrogen (secondary N) is 1. The van der Waals surface area contributed by atoms with E-state index in [0.717, 1.165) is 22.8 Å². The molecule has 1 fully saturated rings. The first kappa shape index (κ1) is 10.7. The Morgan fingerprint density at radius 1 is 1.41 bits per heavy atom. The van der Waals surface area contributed by atoms with E-state index in [1.54, 1.807) is 11.0 Å². The highest BCUT2D eigenvalue weighted by Crippen LogP contribution is 2.25. The lowest BCUT2D eigenvalue weighted by molar-refractivity contribution is 0.681. The van der Waals surface area contributed by atoms with Gasteiger partial charge in [-0.3, -0.25) is 0 Å². The quantitative estimate of drug-likeness (QED) is 0.902. The predicted octanol–water partition coefficient (Wildman–Crippen LogP) is 2.17. The zero-order chi connectivity index (χ0) is 11.7. The molecule has 1 aliphatic carbocycles. The highest BCUT2D eigenvalue weighted by Gasteiger charge is 2.21. The molecule has 0 radical (unpaired) electrons. The number of nitrogens with zero attached hydrogens (tertiary/aromatic N) is 3. The zero-order valence-corrected chi connectivity index (χ0v) is 10.1. The Balaban J connectivity index is 1.92. The fourth-order valence-electron chi connectivity index (χ4n) is 1.80. The Hall–Kier alpha value is -1.39. The van der Waals surface area contributed by atoms with Gasteiger partial charge in [-0.05, 0) is 25.0 Å². The summed E-state index contributed by atoms with van der Waals surface area (Å²) in [6, 6.07) is 6.51. The van der Waals surface area contributed by atoms with Gasteiger partial charge in [0.15, 0.2) is 0 Å². The lowest BCUT2D eigenvalue weighted by atomic mass is 10.1. The normalized spacial score (nSPS) is 15.1. The van der Waals surface area contributed by atoms with E-state index in [4.69, 9.17) is 11.6 Å². The molecule has 88 valence electrons. The fourth-order valence-corrected chi connectivity index (χ4v) is 2.04. The third-order valence-corrected chi connectivity index (χ3v) is 3.26. The van der Waals surface area contributed by atoms with Crippen LogP contribution in [0.4, 0.5) is 0 Å². The molecule has 0 unspecified atom stereocenters. The van der Waals surface area contributed by atoms with Crippen LogP contribution in [-0.4, -0.2) is 20.8 Å². The van der Waals surface area contributed by atoms with Crippen LogP contribution in [0.3, 0.4) is 0 Å². The molecule has 1 aliphatic rings. The Kier molecular flexibility index (Phi) is 2.82. The molecule has 5 heteroatoms. The molecular weight excluding hydrogens is 236 g/mol. The molecule has 1 saturated carbocycles. The molecule has 0 bridgehead atoms. The third-order valence-electron chi connectivity index (χ3n) is 2.90. The summed E-state index contributed by atoms with van der Waals surface area (Å²) in [5.74, 6) is 0. The van der Waals surface area contributed by atoms with Crippen LogP contribution in [0.2, 0.25) is 5.02 Å². The van der Waals surface area contributed by atoms with E-state index in [2.05, 4.69) is 15.4 Å². The van der Waals surface area contributed by atoms with E-state index >= 15 is 0 Å². The molecule has 0 atom stereocenters. The van der Waals surface area contributed by atoms with Crippen molar-refractivity contribution in [1.82, 2.24) is 20.1 Å². The van der Waals surface area contributed by atoms with Gasteiger partial charge in [0, 0.05) is 23.2 Å². The summed E-state index contributed by atoms with van der Waals surface area (Å²) in [4.78, 5) is 3.97. The van der Waals surface area contributed by atoms with Crippen molar-refractivity contribution in [3.05, 3.63) is 41.4 Å². The summed E-state index contributed by atoms with van der Waals surface area (Å²) in [5, 5.41) is 8.39. The van der Waals surface area contributed by atoms with Gasteiger partial charge in [0.05, 0.1) is 5.69 Å². The maximum atomic E-state index is 6.25. The molecular formula is C12H13ClN4. The Morgan fingerprint density at radius 2 is 2.29 bits per heavy atom. The van der Waals surface area contributed by atoms with Crippen LogP contribution in [0.5, 0.6) is 0 Å². The van der Waals surface area contributed by atoms with Crippen molar-refractivity contribution >= 4 is 11.6 Å². The van der Waals surface area contributed by atoms with Crippen molar-refractivity contribution in [2.45, 2.75) is 25.4 Å². The minimum Gasteiger partial charge on any atom is -0.310 e. The van der Waals surface area contributed by atoms with Crippen molar-refractivity contribution in [3.63, 3.8) is 0 Å². The molecule has 2 aromatic rings. The van der Waals surface area contributed by atoms with Crippen LogP contribution in [-0.2, 0) is 6.54 Å². The van der Waals surface area contributed by atoms with Gasteiger partial charge >= 0.3 is 0 Å². The Labute approximate surface area is 105 Å². The number of rotatable bonds is 4. The van der Waals surface area contributed by atoms with E-state index in [0.29, 0.717) is 6.04 Å². The number of hydrogen-bond acceptors (Lipinski definition) is 3. The molecule has 3 rings (SSSR count). The van der Waals surface area contributed by atoms with Crippen LogP contribution in [0, 0.1) is 0 Å². The van der Waals surface area contributed by atoms with Crippen molar-refractivity contribution in [2.24, 2.45) is 0 Å². The topological polar surface area (TPSA) is 42.7 Å². The highest BCUT2D eigenvalue weighted by molar-refractivity contribution is 6.31. The van der Waals surface area contributed by atoms with Crippen LogP contribution in [0.15, 0.2) is 30.9 Å². The van der Waals surface area contributed by atoms with Crippen LogP contribution >= 0.6 is 11.6 Å². The monoisotopic (exact) mass is 248 g/mol. The largest absolute Gasteiger partial charge is 0.310 e. The Bertz CT molecular complexity index is 505. The van der Waals surface area contributed by atoms with Gasteiger partial charge in [-0.1, -0.05) is 17.7 Å². The highest BCUT2D eigenvalue weighted by atomic mass is 35.5. The lowest BCUT2D eigenvalue weighted by Crippen LogP contribution is -2.17. The fraction of sp³-hybridized carbons (Fsp3) is 0.333. The minimum absolute atomic E-state index is 0.662. The van der Waals surface area contributed by atoms with Gasteiger partial charge in [0.1, 0.15) is 12.7 Å². The first-order valence-electron chi connectivity index (χ1n) is 5.70. The van der Waals surface area contributed by atoms with Gasteiger partial charge < -0.3 is 5.32 Å². The standard InChI is InChI=1S/C12H13ClN4/c13-11-2-1-3-12(17-8-14-7-16-17)10(11)6-15-9-4-5-9/h1-3,7-9,15H,4-6H2. The summed E-state index contributed by atoms with van der Waals surface area (Å²) < 4.78 is 1.75. The molecule has 1 aromatic heterocycles. The second kappa shape index (κ2) is 4.47. The number of aromatic nitrogens is 3. The molecule has 1 heterocycles. The summed E-state index contributed by atoms with van der Waals surface area (Å²) >= 11 is 6.25. The molecule has 1 aromatic carbocycles. The van der Waals surface area contributed by atoms with Gasteiger partial charge in [-0.25, -0.2) is 9.67 Å². The summed E-state index contributed by atoms with van der Waals surface area (Å²) in [6.45, 7) is 0.777. The second-order valence-electron chi connectivity index (χ2n) is 4.23.